The normalized spacial score (nSPS) is 11.3. The predicted octanol–water partition coefficient (Wildman–Crippen LogP) is 2.16. The van der Waals surface area contributed by atoms with E-state index in [0.29, 0.717) is 0 Å². The van der Waals surface area contributed by atoms with E-state index in [9.17, 15) is 12.8 Å². The molecule has 1 aromatic heterocycles. The number of hydrogen-bond acceptors (Lipinski definition) is 5. The van der Waals surface area contributed by atoms with Crippen molar-refractivity contribution in [2.75, 3.05) is 11.8 Å². The average molecular weight is 316 g/mol. The summed E-state index contributed by atoms with van der Waals surface area (Å²) in [6.45, 7) is 0.282. The molecule has 2 rings (SSSR count). The van der Waals surface area contributed by atoms with Crippen molar-refractivity contribution in [2.45, 2.75) is 10.8 Å². The molecule has 0 bridgehead atoms. The number of halogens is 1. The van der Waals surface area contributed by atoms with Gasteiger partial charge in [0.05, 0.1) is 12.8 Å². The number of nitrogens with two attached hydrogens (primary N) is 1. The minimum atomic E-state index is -3.71. The molecule has 0 atom stereocenters. The standard InChI is InChI=1S/C12H13FN2O3S2/c1-18-11-6-8(2-4-10(11)13)15-20(16,17)12-5-3-9(7-14)19-12/h2-6,15H,7,14H2,1H3. The van der Waals surface area contributed by atoms with Crippen LogP contribution in [-0.2, 0) is 16.6 Å². The first-order chi connectivity index (χ1) is 9.46. The van der Waals surface area contributed by atoms with Gasteiger partial charge in [0.1, 0.15) is 4.21 Å². The maximum absolute atomic E-state index is 13.3. The van der Waals surface area contributed by atoms with Gasteiger partial charge >= 0.3 is 0 Å². The zero-order valence-electron chi connectivity index (χ0n) is 10.6. The molecule has 0 saturated carbocycles. The second-order valence-electron chi connectivity index (χ2n) is 3.88. The van der Waals surface area contributed by atoms with Gasteiger partial charge in [0.15, 0.2) is 11.6 Å². The number of nitrogens with one attached hydrogen (secondary N) is 1. The quantitative estimate of drug-likeness (QED) is 0.885. The Hall–Kier alpha value is -1.64. The molecule has 20 heavy (non-hydrogen) atoms. The lowest BCUT2D eigenvalue weighted by atomic mass is 10.3. The van der Waals surface area contributed by atoms with Crippen molar-refractivity contribution in [1.82, 2.24) is 0 Å². The van der Waals surface area contributed by atoms with Gasteiger partial charge in [-0.3, -0.25) is 4.72 Å². The number of methoxy groups -OCH3 is 1. The summed E-state index contributed by atoms with van der Waals surface area (Å²) in [7, 11) is -2.40. The molecule has 0 radical (unpaired) electrons. The number of thiophene rings is 1. The Balaban J connectivity index is 2.28. The minimum absolute atomic E-state index is 0.0287. The van der Waals surface area contributed by atoms with E-state index in [-0.39, 0.29) is 22.2 Å². The van der Waals surface area contributed by atoms with Gasteiger partial charge in [-0.15, -0.1) is 11.3 Å². The maximum Gasteiger partial charge on any atom is 0.271 e. The Morgan fingerprint density at radius 1 is 1.35 bits per heavy atom. The van der Waals surface area contributed by atoms with Crippen LogP contribution in [0.5, 0.6) is 5.75 Å². The van der Waals surface area contributed by atoms with Crippen molar-refractivity contribution in [1.29, 1.82) is 0 Å². The second-order valence-corrected chi connectivity index (χ2v) is 6.96. The maximum atomic E-state index is 13.3. The third kappa shape index (κ3) is 3.09. The summed E-state index contributed by atoms with van der Waals surface area (Å²) < 4.78 is 44.9. The molecule has 0 amide bonds. The Morgan fingerprint density at radius 3 is 2.70 bits per heavy atom. The fourth-order valence-corrected chi connectivity index (χ4v) is 3.83. The van der Waals surface area contributed by atoms with E-state index in [1.54, 1.807) is 6.07 Å². The van der Waals surface area contributed by atoms with Crippen molar-refractivity contribution in [3.63, 3.8) is 0 Å². The van der Waals surface area contributed by atoms with Crippen LogP contribution >= 0.6 is 11.3 Å². The zero-order chi connectivity index (χ0) is 14.8. The molecule has 2 aromatic rings. The van der Waals surface area contributed by atoms with Crippen LogP contribution in [0.3, 0.4) is 0 Å². The molecule has 0 unspecified atom stereocenters. The minimum Gasteiger partial charge on any atom is -0.494 e. The van der Waals surface area contributed by atoms with Gasteiger partial charge in [-0.05, 0) is 24.3 Å². The fraction of sp³-hybridized carbons (Fsp3) is 0.167. The van der Waals surface area contributed by atoms with Crippen LogP contribution in [0.1, 0.15) is 4.88 Å². The summed E-state index contributed by atoms with van der Waals surface area (Å²) in [6, 6.07) is 6.88. The summed E-state index contributed by atoms with van der Waals surface area (Å²) in [5, 5.41) is 0. The molecule has 1 heterocycles. The van der Waals surface area contributed by atoms with E-state index in [0.717, 1.165) is 22.3 Å². The van der Waals surface area contributed by atoms with Crippen molar-refractivity contribution in [3.8, 4) is 5.75 Å². The van der Waals surface area contributed by atoms with E-state index < -0.39 is 15.8 Å². The lowest BCUT2D eigenvalue weighted by Crippen LogP contribution is -2.11. The second kappa shape index (κ2) is 5.78. The van der Waals surface area contributed by atoms with Crippen LogP contribution in [0.4, 0.5) is 10.1 Å². The Bertz CT molecular complexity index is 713. The van der Waals surface area contributed by atoms with Gasteiger partial charge in [0, 0.05) is 17.5 Å². The number of rotatable bonds is 5. The molecule has 0 fully saturated rings. The van der Waals surface area contributed by atoms with Crippen LogP contribution < -0.4 is 15.2 Å². The number of hydrogen-bond donors (Lipinski definition) is 2. The smallest absolute Gasteiger partial charge is 0.271 e. The monoisotopic (exact) mass is 316 g/mol. The van der Waals surface area contributed by atoms with Crippen molar-refractivity contribution >= 4 is 27.0 Å². The first-order valence-corrected chi connectivity index (χ1v) is 7.91. The van der Waals surface area contributed by atoms with E-state index in [1.807, 2.05) is 0 Å². The van der Waals surface area contributed by atoms with E-state index in [2.05, 4.69) is 4.72 Å². The van der Waals surface area contributed by atoms with Crippen LogP contribution in [-0.4, -0.2) is 15.5 Å². The lowest BCUT2D eigenvalue weighted by Gasteiger charge is -2.08. The predicted molar refractivity (Wildman–Crippen MR) is 76.0 cm³/mol. The van der Waals surface area contributed by atoms with Crippen LogP contribution in [0.25, 0.3) is 0 Å². The Kier molecular flexibility index (Phi) is 4.26. The summed E-state index contributed by atoms with van der Waals surface area (Å²) in [6.07, 6.45) is 0. The molecule has 0 aliphatic carbocycles. The fourth-order valence-electron chi connectivity index (χ4n) is 1.54. The van der Waals surface area contributed by atoms with Gasteiger partial charge in [0.2, 0.25) is 0 Å². The molecule has 0 saturated heterocycles. The van der Waals surface area contributed by atoms with Crippen molar-refractivity contribution < 1.29 is 17.5 Å². The topological polar surface area (TPSA) is 81.4 Å². The largest absolute Gasteiger partial charge is 0.494 e. The third-order valence-electron chi connectivity index (χ3n) is 2.51. The SMILES string of the molecule is COc1cc(NS(=O)(=O)c2ccc(CN)s2)ccc1F. The van der Waals surface area contributed by atoms with Gasteiger partial charge in [0.25, 0.3) is 10.0 Å². The van der Waals surface area contributed by atoms with Crippen LogP contribution in [0, 0.1) is 5.82 Å². The third-order valence-corrected chi connectivity index (χ3v) is 5.49. The molecule has 1 aromatic carbocycles. The summed E-state index contributed by atoms with van der Waals surface area (Å²) >= 11 is 1.09. The highest BCUT2D eigenvalue weighted by Crippen LogP contribution is 2.26. The molecular weight excluding hydrogens is 303 g/mol. The molecular formula is C12H13FN2O3S2. The van der Waals surface area contributed by atoms with Gasteiger partial charge in [-0.2, -0.15) is 0 Å². The summed E-state index contributed by atoms with van der Waals surface area (Å²) in [4.78, 5) is 0.766. The summed E-state index contributed by atoms with van der Waals surface area (Å²) in [5.74, 6) is -0.587. The molecule has 8 heteroatoms. The van der Waals surface area contributed by atoms with Gasteiger partial charge < -0.3 is 10.5 Å². The molecule has 0 aliphatic heterocycles. The first kappa shape index (κ1) is 14.8. The summed E-state index contributed by atoms with van der Waals surface area (Å²) in [5.41, 5.74) is 5.68. The molecule has 0 spiro atoms. The molecule has 108 valence electrons. The van der Waals surface area contributed by atoms with E-state index in [4.69, 9.17) is 10.5 Å². The molecule has 3 N–H and O–H groups in total. The molecule has 5 nitrogen and oxygen atoms in total. The van der Waals surface area contributed by atoms with Crippen LogP contribution in [0.2, 0.25) is 0 Å². The Morgan fingerprint density at radius 2 is 2.10 bits per heavy atom. The van der Waals surface area contributed by atoms with Gasteiger partial charge in [-0.1, -0.05) is 0 Å². The van der Waals surface area contributed by atoms with Crippen LogP contribution in [0.15, 0.2) is 34.5 Å². The number of benzene rings is 1. The van der Waals surface area contributed by atoms with E-state index in [1.165, 1.54) is 25.3 Å². The van der Waals surface area contributed by atoms with Crippen molar-refractivity contribution in [3.05, 3.63) is 41.0 Å². The highest BCUT2D eigenvalue weighted by Gasteiger charge is 2.17. The zero-order valence-corrected chi connectivity index (χ0v) is 12.2. The number of ether oxygens (including phenoxy) is 1. The van der Waals surface area contributed by atoms with Gasteiger partial charge in [-0.25, -0.2) is 12.8 Å². The highest BCUT2D eigenvalue weighted by molar-refractivity contribution is 7.94. The molecule has 0 aliphatic rings. The van der Waals surface area contributed by atoms with E-state index >= 15 is 0 Å². The first-order valence-electron chi connectivity index (χ1n) is 5.61. The highest BCUT2D eigenvalue weighted by atomic mass is 32.2. The Labute approximate surface area is 120 Å². The van der Waals surface area contributed by atoms with Crippen molar-refractivity contribution in [2.24, 2.45) is 5.73 Å². The average Bonchev–Trinajstić information content (AvgIpc) is 2.90. The number of sulfonamides is 1. The number of anilines is 1. The lowest BCUT2D eigenvalue weighted by molar-refractivity contribution is 0.387.